The van der Waals surface area contributed by atoms with E-state index in [-0.39, 0.29) is 11.7 Å². The van der Waals surface area contributed by atoms with Crippen molar-refractivity contribution in [3.63, 3.8) is 0 Å². The van der Waals surface area contributed by atoms with Crippen LogP contribution in [0.2, 0.25) is 0 Å². The number of halogens is 1. The number of nitrogens with zero attached hydrogens (tertiary/aromatic N) is 1. The maximum Gasteiger partial charge on any atom is 0.236 e. The molecular weight excluding hydrogens is 419 g/mol. The summed E-state index contributed by atoms with van der Waals surface area (Å²) >= 11 is 1.36. The zero-order valence-electron chi connectivity index (χ0n) is 16.7. The number of benzene rings is 2. The average Bonchev–Trinajstić information content (AvgIpc) is 3.28. The van der Waals surface area contributed by atoms with Crippen LogP contribution in [-0.4, -0.2) is 37.3 Å². The lowest BCUT2D eigenvalue weighted by molar-refractivity contribution is -0.125. The van der Waals surface area contributed by atoms with E-state index in [4.69, 9.17) is 14.2 Å². The van der Waals surface area contributed by atoms with Gasteiger partial charge in [-0.1, -0.05) is 12.1 Å². The zero-order valence-corrected chi connectivity index (χ0v) is 17.5. The first-order valence-corrected chi connectivity index (χ1v) is 11.0. The number of hydrogen-bond acceptors (Lipinski definition) is 6. The van der Waals surface area contributed by atoms with Crippen molar-refractivity contribution in [3.8, 4) is 22.8 Å². The van der Waals surface area contributed by atoms with Crippen LogP contribution >= 0.6 is 11.3 Å². The molecule has 0 saturated carbocycles. The Morgan fingerprint density at radius 2 is 1.74 bits per heavy atom. The largest absolute Gasteiger partial charge is 0.486 e. The molecule has 3 heterocycles. The van der Waals surface area contributed by atoms with Gasteiger partial charge in [-0.2, -0.15) is 0 Å². The van der Waals surface area contributed by atoms with Gasteiger partial charge in [-0.3, -0.25) is 4.79 Å². The third kappa shape index (κ3) is 3.88. The summed E-state index contributed by atoms with van der Waals surface area (Å²) in [5.74, 6) is 0.945. The maximum atomic E-state index is 13.4. The Morgan fingerprint density at radius 3 is 2.52 bits per heavy atom. The average molecular weight is 440 g/mol. The van der Waals surface area contributed by atoms with E-state index in [0.29, 0.717) is 50.2 Å². The van der Waals surface area contributed by atoms with Gasteiger partial charge in [0.25, 0.3) is 0 Å². The van der Waals surface area contributed by atoms with Crippen LogP contribution in [0.1, 0.15) is 18.4 Å². The van der Waals surface area contributed by atoms with E-state index in [9.17, 15) is 9.18 Å². The topological polar surface area (TPSA) is 69.7 Å². The van der Waals surface area contributed by atoms with Gasteiger partial charge in [0.2, 0.25) is 5.91 Å². The lowest BCUT2D eigenvalue weighted by Gasteiger charge is -2.36. The summed E-state index contributed by atoms with van der Waals surface area (Å²) in [6.07, 6.45) is 1.07. The SMILES string of the molecule is O=C(Nc1nc(-c2ccc3c(c2)OCCO3)cs1)C1(c2ccc(F)cc2)CCOCC1. The second-order valence-corrected chi connectivity index (χ2v) is 8.41. The minimum atomic E-state index is -0.769. The summed E-state index contributed by atoms with van der Waals surface area (Å²) < 4.78 is 30.1. The molecule has 2 aromatic carbocycles. The van der Waals surface area contributed by atoms with Crippen molar-refractivity contribution < 1.29 is 23.4 Å². The summed E-state index contributed by atoms with van der Waals surface area (Å²) in [7, 11) is 0. The first-order chi connectivity index (χ1) is 15.1. The van der Waals surface area contributed by atoms with Crippen molar-refractivity contribution in [3.05, 3.63) is 59.2 Å². The molecule has 1 fully saturated rings. The molecule has 1 aromatic heterocycles. The van der Waals surface area contributed by atoms with Crippen molar-refractivity contribution in [1.29, 1.82) is 0 Å². The lowest BCUT2D eigenvalue weighted by atomic mass is 9.73. The van der Waals surface area contributed by atoms with Crippen molar-refractivity contribution in [2.75, 3.05) is 31.7 Å². The molecule has 2 aliphatic heterocycles. The van der Waals surface area contributed by atoms with Crippen LogP contribution in [-0.2, 0) is 14.9 Å². The van der Waals surface area contributed by atoms with Gasteiger partial charge < -0.3 is 19.5 Å². The molecule has 0 aliphatic carbocycles. The van der Waals surface area contributed by atoms with Crippen molar-refractivity contribution in [1.82, 2.24) is 4.98 Å². The van der Waals surface area contributed by atoms with E-state index in [2.05, 4.69) is 10.3 Å². The molecule has 0 atom stereocenters. The van der Waals surface area contributed by atoms with Gasteiger partial charge in [-0.05, 0) is 48.7 Å². The summed E-state index contributed by atoms with van der Waals surface area (Å²) in [6, 6.07) is 11.8. The zero-order chi connectivity index (χ0) is 21.3. The first kappa shape index (κ1) is 20.0. The Bertz CT molecular complexity index is 1090. The minimum Gasteiger partial charge on any atom is -0.486 e. The molecule has 160 valence electrons. The van der Waals surface area contributed by atoms with Gasteiger partial charge in [0.1, 0.15) is 19.0 Å². The van der Waals surface area contributed by atoms with Gasteiger partial charge in [-0.25, -0.2) is 9.37 Å². The van der Waals surface area contributed by atoms with Crippen molar-refractivity contribution in [2.45, 2.75) is 18.3 Å². The van der Waals surface area contributed by atoms with Crippen molar-refractivity contribution >= 4 is 22.4 Å². The summed E-state index contributed by atoms with van der Waals surface area (Å²) in [4.78, 5) is 18.0. The molecular formula is C23H21FN2O4S. The van der Waals surface area contributed by atoms with E-state index in [1.807, 2.05) is 23.6 Å². The minimum absolute atomic E-state index is 0.148. The molecule has 31 heavy (non-hydrogen) atoms. The molecule has 5 rings (SSSR count). The number of fused-ring (bicyclic) bond motifs is 1. The van der Waals surface area contributed by atoms with Gasteiger partial charge in [-0.15, -0.1) is 11.3 Å². The van der Waals surface area contributed by atoms with E-state index in [1.54, 1.807) is 12.1 Å². The number of carbonyl (C=O) groups excluding carboxylic acids is 1. The van der Waals surface area contributed by atoms with E-state index < -0.39 is 5.41 Å². The summed E-state index contributed by atoms with van der Waals surface area (Å²) in [5.41, 5.74) is 1.66. The number of amides is 1. The molecule has 1 saturated heterocycles. The van der Waals surface area contributed by atoms with Crippen LogP contribution in [0, 0.1) is 5.82 Å². The fourth-order valence-electron chi connectivity index (χ4n) is 4.02. The highest BCUT2D eigenvalue weighted by molar-refractivity contribution is 7.14. The fraction of sp³-hybridized carbons (Fsp3) is 0.304. The normalized spacial score (nSPS) is 17.2. The molecule has 6 nitrogen and oxygen atoms in total. The Balaban J connectivity index is 1.38. The summed E-state index contributed by atoms with van der Waals surface area (Å²) in [5, 5.41) is 5.40. The fourth-order valence-corrected chi connectivity index (χ4v) is 4.73. The second kappa shape index (κ2) is 8.28. The van der Waals surface area contributed by atoms with E-state index >= 15 is 0 Å². The second-order valence-electron chi connectivity index (χ2n) is 7.55. The van der Waals surface area contributed by atoms with Gasteiger partial charge in [0.05, 0.1) is 11.1 Å². The van der Waals surface area contributed by atoms with E-state index in [1.165, 1.54) is 23.5 Å². The highest BCUT2D eigenvalue weighted by Gasteiger charge is 2.42. The molecule has 1 amide bonds. The lowest BCUT2D eigenvalue weighted by Crippen LogP contribution is -2.44. The molecule has 2 aliphatic rings. The van der Waals surface area contributed by atoms with Crippen LogP contribution in [0.3, 0.4) is 0 Å². The smallest absolute Gasteiger partial charge is 0.236 e. The Hall–Kier alpha value is -2.97. The Labute approximate surface area is 183 Å². The highest BCUT2D eigenvalue weighted by Crippen LogP contribution is 2.38. The number of anilines is 1. The van der Waals surface area contributed by atoms with Crippen LogP contribution < -0.4 is 14.8 Å². The molecule has 3 aromatic rings. The Morgan fingerprint density at radius 1 is 1.00 bits per heavy atom. The third-order valence-electron chi connectivity index (χ3n) is 5.74. The maximum absolute atomic E-state index is 13.4. The van der Waals surface area contributed by atoms with Gasteiger partial charge >= 0.3 is 0 Å². The van der Waals surface area contributed by atoms with E-state index in [0.717, 1.165) is 22.6 Å². The highest BCUT2D eigenvalue weighted by atomic mass is 32.1. The number of ether oxygens (including phenoxy) is 3. The number of carbonyl (C=O) groups is 1. The number of rotatable bonds is 4. The predicted molar refractivity (Wildman–Crippen MR) is 115 cm³/mol. The van der Waals surface area contributed by atoms with Crippen molar-refractivity contribution in [2.24, 2.45) is 0 Å². The standard InChI is InChI=1S/C23H21FN2O4S/c24-17-4-2-16(3-5-17)23(7-9-28-10-8-23)21(27)26-22-25-18(14-31-22)15-1-6-19-20(13-15)30-12-11-29-19/h1-6,13-14H,7-12H2,(H,25,26,27). The molecule has 8 heteroatoms. The van der Waals surface area contributed by atoms with Crippen LogP contribution in [0.5, 0.6) is 11.5 Å². The number of nitrogens with one attached hydrogen (secondary N) is 1. The van der Waals surface area contributed by atoms with Crippen LogP contribution in [0.25, 0.3) is 11.3 Å². The molecule has 0 spiro atoms. The number of thiazole rings is 1. The number of aromatic nitrogens is 1. The molecule has 0 bridgehead atoms. The number of hydrogen-bond donors (Lipinski definition) is 1. The van der Waals surface area contributed by atoms with Gasteiger partial charge in [0.15, 0.2) is 16.6 Å². The quantitative estimate of drug-likeness (QED) is 0.651. The van der Waals surface area contributed by atoms with Crippen LogP contribution in [0.4, 0.5) is 9.52 Å². The molecule has 1 N–H and O–H groups in total. The molecule has 0 radical (unpaired) electrons. The Kier molecular flexibility index (Phi) is 5.33. The predicted octanol–water partition coefficient (Wildman–Crippen LogP) is 4.41. The summed E-state index contributed by atoms with van der Waals surface area (Å²) in [6.45, 7) is 2.01. The first-order valence-electron chi connectivity index (χ1n) is 10.1. The molecule has 0 unspecified atom stereocenters. The monoisotopic (exact) mass is 440 g/mol. The van der Waals surface area contributed by atoms with Gasteiger partial charge in [0, 0.05) is 24.2 Å². The third-order valence-corrected chi connectivity index (χ3v) is 6.50. The van der Waals surface area contributed by atoms with Crippen LogP contribution in [0.15, 0.2) is 47.8 Å².